The van der Waals surface area contributed by atoms with E-state index in [4.69, 9.17) is 4.74 Å². The van der Waals surface area contributed by atoms with Crippen molar-refractivity contribution in [2.75, 3.05) is 37.7 Å². The molecule has 8 heteroatoms. The molecule has 1 amide bonds. The molecule has 0 bridgehead atoms. The van der Waals surface area contributed by atoms with Gasteiger partial charge < -0.3 is 14.5 Å². The second-order valence-electron chi connectivity index (χ2n) is 9.19. The zero-order valence-corrected chi connectivity index (χ0v) is 18.3. The SMILES string of the molecule is O=C1CCCN1CC1CCN(c2cc(F)c(-c3cnn(C4CCCCO4)c3)cc2F)CC1. The minimum atomic E-state index is -0.449. The summed E-state index contributed by atoms with van der Waals surface area (Å²) in [5, 5.41) is 4.32. The maximum absolute atomic E-state index is 15.0. The van der Waals surface area contributed by atoms with Gasteiger partial charge in [0.2, 0.25) is 5.91 Å². The van der Waals surface area contributed by atoms with Gasteiger partial charge in [-0.05, 0) is 50.5 Å². The van der Waals surface area contributed by atoms with Crippen LogP contribution in [0, 0.1) is 17.6 Å². The lowest BCUT2D eigenvalue weighted by atomic mass is 9.95. The van der Waals surface area contributed by atoms with E-state index in [1.807, 2.05) is 9.80 Å². The van der Waals surface area contributed by atoms with Crippen LogP contribution < -0.4 is 4.90 Å². The van der Waals surface area contributed by atoms with E-state index in [1.54, 1.807) is 17.1 Å². The fourth-order valence-corrected chi connectivity index (χ4v) is 5.13. The van der Waals surface area contributed by atoms with E-state index in [1.165, 1.54) is 12.1 Å². The smallest absolute Gasteiger partial charge is 0.222 e. The fraction of sp³-hybridized carbons (Fsp3) is 0.583. The number of amides is 1. The summed E-state index contributed by atoms with van der Waals surface area (Å²) in [6.07, 6.45) is 9.51. The summed E-state index contributed by atoms with van der Waals surface area (Å²) in [4.78, 5) is 15.7. The molecule has 172 valence electrons. The molecule has 3 saturated heterocycles. The van der Waals surface area contributed by atoms with Crippen molar-refractivity contribution in [1.29, 1.82) is 0 Å². The molecule has 4 heterocycles. The van der Waals surface area contributed by atoms with Crippen molar-refractivity contribution in [3.05, 3.63) is 36.2 Å². The minimum Gasteiger partial charge on any atom is -0.369 e. The largest absolute Gasteiger partial charge is 0.369 e. The molecule has 0 spiro atoms. The fourth-order valence-electron chi connectivity index (χ4n) is 5.13. The number of carbonyl (C=O) groups excluding carboxylic acids is 1. The summed E-state index contributed by atoms with van der Waals surface area (Å²) < 4.78 is 37.5. The number of ether oxygens (including phenoxy) is 1. The zero-order chi connectivity index (χ0) is 22.1. The molecule has 6 nitrogen and oxygen atoms in total. The van der Waals surface area contributed by atoms with Crippen LogP contribution in [-0.2, 0) is 9.53 Å². The van der Waals surface area contributed by atoms with Crippen LogP contribution in [0.15, 0.2) is 24.5 Å². The average Bonchev–Trinajstić information content (AvgIpc) is 3.46. The van der Waals surface area contributed by atoms with Crippen molar-refractivity contribution in [2.45, 2.75) is 51.2 Å². The van der Waals surface area contributed by atoms with Gasteiger partial charge in [-0.3, -0.25) is 4.79 Å². The third kappa shape index (κ3) is 4.37. The van der Waals surface area contributed by atoms with Gasteiger partial charge in [-0.1, -0.05) is 0 Å². The zero-order valence-electron chi connectivity index (χ0n) is 18.3. The number of piperidine rings is 1. The van der Waals surface area contributed by atoms with Gasteiger partial charge >= 0.3 is 0 Å². The van der Waals surface area contributed by atoms with Crippen LogP contribution in [0.4, 0.5) is 14.5 Å². The summed E-state index contributed by atoms with van der Waals surface area (Å²) in [5.41, 5.74) is 1.08. The summed E-state index contributed by atoms with van der Waals surface area (Å²) in [7, 11) is 0. The predicted octanol–water partition coefficient (Wildman–Crippen LogP) is 4.37. The number of benzene rings is 1. The molecule has 0 N–H and O–H groups in total. The van der Waals surface area contributed by atoms with E-state index in [2.05, 4.69) is 5.10 Å². The second kappa shape index (κ2) is 9.17. The molecule has 0 saturated carbocycles. The molecule has 5 rings (SSSR count). The molecule has 2 aromatic rings. The number of halogens is 2. The number of nitrogens with zero attached hydrogens (tertiary/aromatic N) is 4. The van der Waals surface area contributed by atoms with Gasteiger partial charge in [0.05, 0.1) is 11.9 Å². The Kier molecular flexibility index (Phi) is 6.13. The van der Waals surface area contributed by atoms with Gasteiger partial charge in [0, 0.05) is 62.6 Å². The average molecular weight is 445 g/mol. The third-order valence-electron chi connectivity index (χ3n) is 7.00. The highest BCUT2D eigenvalue weighted by molar-refractivity contribution is 5.78. The number of carbonyl (C=O) groups is 1. The lowest BCUT2D eigenvalue weighted by Gasteiger charge is -2.35. The molecule has 1 atom stereocenters. The molecule has 1 unspecified atom stereocenters. The van der Waals surface area contributed by atoms with Crippen LogP contribution in [-0.4, -0.2) is 53.4 Å². The second-order valence-corrected chi connectivity index (χ2v) is 9.19. The Morgan fingerprint density at radius 2 is 1.88 bits per heavy atom. The number of anilines is 1. The first-order chi connectivity index (χ1) is 15.6. The number of hydrogen-bond donors (Lipinski definition) is 0. The van der Waals surface area contributed by atoms with Crippen LogP contribution >= 0.6 is 0 Å². The molecular weight excluding hydrogens is 414 g/mol. The van der Waals surface area contributed by atoms with Gasteiger partial charge in [0.1, 0.15) is 17.9 Å². The Hall–Kier alpha value is -2.48. The Bertz CT molecular complexity index is 965. The molecule has 0 aliphatic carbocycles. The Morgan fingerprint density at radius 3 is 2.59 bits per heavy atom. The monoisotopic (exact) mass is 444 g/mol. The standard InChI is InChI=1S/C24H30F2N4O2/c25-20-13-22(28-9-6-17(7-10-28)15-29-8-3-4-23(29)31)21(26)12-19(20)18-14-27-30(16-18)24-5-1-2-11-32-24/h12-14,16-17,24H,1-11,15H2. The van der Waals surface area contributed by atoms with E-state index in [9.17, 15) is 4.79 Å². The highest BCUT2D eigenvalue weighted by atomic mass is 19.1. The molecule has 1 aromatic carbocycles. The van der Waals surface area contributed by atoms with Crippen LogP contribution in [0.25, 0.3) is 11.1 Å². The Balaban J connectivity index is 1.25. The number of aromatic nitrogens is 2. The molecule has 3 aliphatic heterocycles. The topological polar surface area (TPSA) is 50.6 Å². The highest BCUT2D eigenvalue weighted by Gasteiger charge is 2.28. The molecular formula is C24H30F2N4O2. The van der Waals surface area contributed by atoms with Crippen LogP contribution in [0.5, 0.6) is 0 Å². The minimum absolute atomic E-state index is 0.137. The van der Waals surface area contributed by atoms with Gasteiger partial charge in [-0.15, -0.1) is 0 Å². The van der Waals surface area contributed by atoms with Crippen molar-refractivity contribution >= 4 is 11.6 Å². The maximum Gasteiger partial charge on any atom is 0.222 e. The molecule has 32 heavy (non-hydrogen) atoms. The predicted molar refractivity (Wildman–Crippen MR) is 117 cm³/mol. The van der Waals surface area contributed by atoms with Crippen molar-refractivity contribution in [2.24, 2.45) is 5.92 Å². The first kappa shape index (κ1) is 21.4. The molecule has 0 radical (unpaired) electrons. The summed E-state index contributed by atoms with van der Waals surface area (Å²) in [5.74, 6) is -0.200. The van der Waals surface area contributed by atoms with Crippen LogP contribution in [0.3, 0.4) is 0 Å². The summed E-state index contributed by atoms with van der Waals surface area (Å²) >= 11 is 0. The van der Waals surface area contributed by atoms with Gasteiger partial charge in [0.15, 0.2) is 0 Å². The Labute approximate surface area is 187 Å². The first-order valence-electron chi connectivity index (χ1n) is 11.8. The van der Waals surface area contributed by atoms with Crippen molar-refractivity contribution in [3.63, 3.8) is 0 Å². The van der Waals surface area contributed by atoms with Gasteiger partial charge in [-0.25, -0.2) is 13.5 Å². The van der Waals surface area contributed by atoms with Crippen molar-refractivity contribution in [1.82, 2.24) is 14.7 Å². The number of rotatable bonds is 5. The maximum atomic E-state index is 15.0. The normalized spacial score (nSPS) is 22.7. The van der Waals surface area contributed by atoms with Crippen molar-refractivity contribution < 1.29 is 18.3 Å². The first-order valence-corrected chi connectivity index (χ1v) is 11.8. The van der Waals surface area contributed by atoms with Crippen LogP contribution in [0.1, 0.15) is 51.2 Å². The number of likely N-dealkylation sites (tertiary alicyclic amines) is 1. The van der Waals surface area contributed by atoms with E-state index >= 15 is 8.78 Å². The molecule has 1 aromatic heterocycles. The quantitative estimate of drug-likeness (QED) is 0.687. The van der Waals surface area contributed by atoms with E-state index in [-0.39, 0.29) is 17.7 Å². The van der Waals surface area contributed by atoms with E-state index < -0.39 is 11.6 Å². The molecule has 3 aliphatic rings. The lowest BCUT2D eigenvalue weighted by Crippen LogP contribution is -2.39. The third-order valence-corrected chi connectivity index (χ3v) is 7.00. The number of hydrogen-bond acceptors (Lipinski definition) is 4. The molecule has 3 fully saturated rings. The summed E-state index contributed by atoms with van der Waals surface area (Å²) in [6, 6.07) is 2.59. The van der Waals surface area contributed by atoms with E-state index in [0.717, 1.165) is 51.6 Å². The summed E-state index contributed by atoms with van der Waals surface area (Å²) in [6.45, 7) is 3.67. The highest BCUT2D eigenvalue weighted by Crippen LogP contribution is 2.33. The van der Waals surface area contributed by atoms with E-state index in [0.29, 0.717) is 43.3 Å². The Morgan fingerprint density at radius 1 is 1.03 bits per heavy atom. The lowest BCUT2D eigenvalue weighted by molar-refractivity contribution is -0.128. The van der Waals surface area contributed by atoms with Gasteiger partial charge in [-0.2, -0.15) is 5.10 Å². The van der Waals surface area contributed by atoms with Crippen molar-refractivity contribution in [3.8, 4) is 11.1 Å². The van der Waals surface area contributed by atoms with Gasteiger partial charge in [0.25, 0.3) is 0 Å². The van der Waals surface area contributed by atoms with Crippen LogP contribution in [0.2, 0.25) is 0 Å².